The van der Waals surface area contributed by atoms with E-state index in [1.54, 1.807) is 31.2 Å². The number of guanidine groups is 1. The zero-order valence-corrected chi connectivity index (χ0v) is 16.9. The molecule has 0 saturated heterocycles. The molecule has 8 nitrogen and oxygen atoms in total. The predicted octanol–water partition coefficient (Wildman–Crippen LogP) is 2.41. The van der Waals surface area contributed by atoms with E-state index in [-0.39, 0.29) is 6.10 Å². The molecule has 8 heteroatoms. The van der Waals surface area contributed by atoms with Crippen molar-refractivity contribution in [3.63, 3.8) is 0 Å². The molecule has 0 fully saturated rings. The molecule has 152 valence electrons. The highest BCUT2D eigenvalue weighted by molar-refractivity contribution is 5.79. The summed E-state index contributed by atoms with van der Waals surface area (Å²) in [5, 5.41) is 10.8. The highest BCUT2D eigenvalue weighted by Crippen LogP contribution is 2.19. The average Bonchev–Trinajstić information content (AvgIpc) is 3.29. The maximum absolute atomic E-state index is 5.93. The van der Waals surface area contributed by atoms with Gasteiger partial charge < -0.3 is 20.1 Å². The van der Waals surface area contributed by atoms with Gasteiger partial charge in [-0.25, -0.2) is 9.67 Å². The standard InChI is InChI=1S/C21H26N6O2/c1-16(29-19-7-4-6-18(13-19)28-3)14-24-21(22-2)25-15-17-8-10-23-20(12-17)27-11-5-9-26-27/h4-13,16H,14-15H2,1-3H3,(H2,22,24,25). The van der Waals surface area contributed by atoms with Crippen LogP contribution in [0.4, 0.5) is 0 Å². The number of aromatic nitrogens is 3. The van der Waals surface area contributed by atoms with Crippen molar-refractivity contribution in [1.29, 1.82) is 0 Å². The Morgan fingerprint density at radius 2 is 2.00 bits per heavy atom. The fraction of sp³-hybridized carbons (Fsp3) is 0.286. The number of rotatable bonds is 8. The minimum Gasteiger partial charge on any atom is -0.497 e. The Bertz CT molecular complexity index is 926. The van der Waals surface area contributed by atoms with Gasteiger partial charge in [-0.1, -0.05) is 6.07 Å². The monoisotopic (exact) mass is 394 g/mol. The second kappa shape index (κ2) is 10.1. The molecule has 29 heavy (non-hydrogen) atoms. The molecule has 0 spiro atoms. The third kappa shape index (κ3) is 5.97. The Morgan fingerprint density at radius 3 is 2.76 bits per heavy atom. The third-order valence-corrected chi connectivity index (χ3v) is 4.17. The second-order valence-electron chi connectivity index (χ2n) is 6.39. The first-order valence-corrected chi connectivity index (χ1v) is 9.38. The lowest BCUT2D eigenvalue weighted by Gasteiger charge is -2.18. The average molecular weight is 394 g/mol. The number of benzene rings is 1. The van der Waals surface area contributed by atoms with E-state index < -0.39 is 0 Å². The van der Waals surface area contributed by atoms with Crippen LogP contribution in [0.3, 0.4) is 0 Å². The van der Waals surface area contributed by atoms with Gasteiger partial charge in [0.05, 0.1) is 13.7 Å². The minimum atomic E-state index is -0.0481. The van der Waals surface area contributed by atoms with Crippen LogP contribution in [-0.2, 0) is 6.54 Å². The van der Waals surface area contributed by atoms with Crippen molar-refractivity contribution in [3.8, 4) is 17.3 Å². The van der Waals surface area contributed by atoms with Crippen molar-refractivity contribution in [2.45, 2.75) is 19.6 Å². The van der Waals surface area contributed by atoms with Crippen LogP contribution in [-0.4, -0.2) is 47.5 Å². The number of methoxy groups -OCH3 is 1. The maximum atomic E-state index is 5.93. The number of ether oxygens (including phenoxy) is 2. The van der Waals surface area contributed by atoms with Crippen molar-refractivity contribution >= 4 is 5.96 Å². The Hall–Kier alpha value is -3.55. The van der Waals surface area contributed by atoms with Crippen molar-refractivity contribution in [2.24, 2.45) is 4.99 Å². The Kier molecular flexibility index (Phi) is 7.05. The Morgan fingerprint density at radius 1 is 1.14 bits per heavy atom. The SMILES string of the molecule is CN=C(NCc1ccnc(-n2cccn2)c1)NCC(C)Oc1cccc(OC)c1. The highest BCUT2D eigenvalue weighted by atomic mass is 16.5. The topological polar surface area (TPSA) is 85.6 Å². The van der Waals surface area contributed by atoms with Crippen LogP contribution in [0.5, 0.6) is 11.5 Å². The van der Waals surface area contributed by atoms with Gasteiger partial charge in [-0.2, -0.15) is 5.10 Å². The number of nitrogens with zero attached hydrogens (tertiary/aromatic N) is 4. The van der Waals surface area contributed by atoms with Gasteiger partial charge in [0.15, 0.2) is 11.8 Å². The summed E-state index contributed by atoms with van der Waals surface area (Å²) in [7, 11) is 3.38. The number of hydrogen-bond acceptors (Lipinski definition) is 5. The van der Waals surface area contributed by atoms with E-state index in [9.17, 15) is 0 Å². The summed E-state index contributed by atoms with van der Waals surface area (Å²) in [6, 6.07) is 13.4. The molecule has 2 N–H and O–H groups in total. The predicted molar refractivity (Wildman–Crippen MR) is 113 cm³/mol. The van der Waals surface area contributed by atoms with Crippen LogP contribution < -0.4 is 20.1 Å². The van der Waals surface area contributed by atoms with Gasteiger partial charge in [-0.15, -0.1) is 0 Å². The number of nitrogens with one attached hydrogen (secondary N) is 2. The number of pyridine rings is 1. The highest BCUT2D eigenvalue weighted by Gasteiger charge is 2.07. The van der Waals surface area contributed by atoms with Crippen molar-refractivity contribution < 1.29 is 9.47 Å². The smallest absolute Gasteiger partial charge is 0.191 e. The molecule has 0 aliphatic heterocycles. The normalized spacial score (nSPS) is 12.3. The van der Waals surface area contributed by atoms with E-state index in [1.165, 1.54) is 0 Å². The summed E-state index contributed by atoms with van der Waals surface area (Å²) >= 11 is 0. The van der Waals surface area contributed by atoms with Gasteiger partial charge in [0.2, 0.25) is 0 Å². The molecule has 0 saturated carbocycles. The molecule has 2 heterocycles. The van der Waals surface area contributed by atoms with Gasteiger partial charge in [-0.05, 0) is 42.8 Å². The van der Waals surface area contributed by atoms with E-state index in [4.69, 9.17) is 9.47 Å². The van der Waals surface area contributed by atoms with Crippen LogP contribution in [0, 0.1) is 0 Å². The Labute approximate surface area is 170 Å². The second-order valence-corrected chi connectivity index (χ2v) is 6.39. The maximum Gasteiger partial charge on any atom is 0.191 e. The largest absolute Gasteiger partial charge is 0.497 e. The first-order valence-electron chi connectivity index (χ1n) is 9.38. The van der Waals surface area contributed by atoms with E-state index in [1.807, 2.05) is 55.6 Å². The number of hydrogen-bond donors (Lipinski definition) is 2. The molecule has 0 aliphatic rings. The molecule has 2 aromatic heterocycles. The van der Waals surface area contributed by atoms with Crippen molar-refractivity contribution in [2.75, 3.05) is 20.7 Å². The lowest BCUT2D eigenvalue weighted by atomic mass is 10.2. The van der Waals surface area contributed by atoms with E-state index >= 15 is 0 Å². The van der Waals surface area contributed by atoms with Gasteiger partial charge in [-0.3, -0.25) is 4.99 Å². The minimum absolute atomic E-state index is 0.0481. The van der Waals surface area contributed by atoms with Gasteiger partial charge in [0.1, 0.15) is 17.6 Å². The van der Waals surface area contributed by atoms with Crippen LogP contribution in [0.25, 0.3) is 5.82 Å². The summed E-state index contributed by atoms with van der Waals surface area (Å²) < 4.78 is 12.9. The summed E-state index contributed by atoms with van der Waals surface area (Å²) in [5.74, 6) is 3.01. The molecule has 1 atom stereocenters. The van der Waals surface area contributed by atoms with E-state index in [2.05, 4.69) is 25.7 Å². The summed E-state index contributed by atoms with van der Waals surface area (Å²) in [6.07, 6.45) is 5.32. The van der Waals surface area contributed by atoms with Crippen LogP contribution in [0.2, 0.25) is 0 Å². The zero-order valence-electron chi connectivity index (χ0n) is 16.9. The molecule has 3 aromatic rings. The van der Waals surface area contributed by atoms with Gasteiger partial charge in [0, 0.05) is 38.2 Å². The first-order chi connectivity index (χ1) is 14.2. The fourth-order valence-electron chi connectivity index (χ4n) is 2.70. The summed E-state index contributed by atoms with van der Waals surface area (Å²) in [6.45, 7) is 3.21. The van der Waals surface area contributed by atoms with Crippen molar-refractivity contribution in [1.82, 2.24) is 25.4 Å². The lowest BCUT2D eigenvalue weighted by molar-refractivity contribution is 0.223. The van der Waals surface area contributed by atoms with Crippen LogP contribution in [0.15, 0.2) is 66.0 Å². The molecular formula is C21H26N6O2. The quantitative estimate of drug-likeness (QED) is 0.451. The number of aliphatic imine (C=N–C) groups is 1. The molecule has 0 aliphatic carbocycles. The summed E-state index contributed by atoms with van der Waals surface area (Å²) in [4.78, 5) is 8.61. The first kappa shape index (κ1) is 20.2. The van der Waals surface area contributed by atoms with Gasteiger partial charge >= 0.3 is 0 Å². The molecule has 0 radical (unpaired) electrons. The molecule has 0 amide bonds. The molecular weight excluding hydrogens is 368 g/mol. The van der Waals surface area contributed by atoms with E-state index in [0.717, 1.165) is 22.9 Å². The van der Waals surface area contributed by atoms with Crippen LogP contribution in [0.1, 0.15) is 12.5 Å². The molecule has 3 rings (SSSR count). The molecule has 1 aromatic carbocycles. The fourth-order valence-corrected chi connectivity index (χ4v) is 2.70. The van der Waals surface area contributed by atoms with Gasteiger partial charge in [0.25, 0.3) is 0 Å². The van der Waals surface area contributed by atoms with Crippen molar-refractivity contribution in [3.05, 3.63) is 66.6 Å². The van der Waals surface area contributed by atoms with E-state index in [0.29, 0.717) is 19.0 Å². The van der Waals surface area contributed by atoms with Crippen LogP contribution >= 0.6 is 0 Å². The summed E-state index contributed by atoms with van der Waals surface area (Å²) in [5.41, 5.74) is 1.08. The zero-order chi connectivity index (χ0) is 20.5. The lowest BCUT2D eigenvalue weighted by Crippen LogP contribution is -2.41. The third-order valence-electron chi connectivity index (χ3n) is 4.17. The molecule has 1 unspecified atom stereocenters. The molecule has 0 bridgehead atoms. The Balaban J connectivity index is 1.49.